The molecule has 0 radical (unpaired) electrons. The average molecular weight is 365 g/mol. The van der Waals surface area contributed by atoms with Crippen LogP contribution in [-0.2, 0) is 22.6 Å². The zero-order chi connectivity index (χ0) is 19.4. The van der Waals surface area contributed by atoms with Crippen molar-refractivity contribution in [1.29, 1.82) is 0 Å². The van der Waals surface area contributed by atoms with Crippen LogP contribution in [0.5, 0.6) is 0 Å². The third kappa shape index (κ3) is 11.2. The summed E-state index contributed by atoms with van der Waals surface area (Å²) in [5, 5.41) is 13.1. The Hall–Kier alpha value is -1.43. The fraction of sp³-hybridized carbons (Fsp3) is 0.667. The van der Waals surface area contributed by atoms with Gasteiger partial charge in [-0.05, 0) is 29.4 Å². The molecule has 148 valence electrons. The molecule has 0 aliphatic rings. The number of carbonyl (C=O) groups is 1. The van der Waals surface area contributed by atoms with Gasteiger partial charge in [-0.3, -0.25) is 4.79 Å². The number of benzene rings is 1. The molecule has 1 rings (SSSR count). The quantitative estimate of drug-likeness (QED) is 0.392. The van der Waals surface area contributed by atoms with E-state index < -0.39 is 6.10 Å². The average Bonchev–Trinajstić information content (AvgIpc) is 2.59. The van der Waals surface area contributed by atoms with Crippen LogP contribution >= 0.6 is 0 Å². The van der Waals surface area contributed by atoms with Gasteiger partial charge in [0.1, 0.15) is 12.7 Å². The summed E-state index contributed by atoms with van der Waals surface area (Å²) >= 11 is 0. The van der Waals surface area contributed by atoms with Gasteiger partial charge in [0.15, 0.2) is 0 Å². The van der Waals surface area contributed by atoms with Crippen LogP contribution in [0.15, 0.2) is 24.3 Å². The minimum absolute atomic E-state index is 0.0416. The highest BCUT2D eigenvalue weighted by Gasteiger charge is 2.11. The Morgan fingerprint density at radius 3 is 2.42 bits per heavy atom. The lowest BCUT2D eigenvalue weighted by Crippen LogP contribution is -2.31. The number of nitrogens with one attached hydrogen (secondary N) is 1. The van der Waals surface area contributed by atoms with Crippen molar-refractivity contribution in [3.8, 4) is 0 Å². The fourth-order valence-electron chi connectivity index (χ4n) is 2.60. The van der Waals surface area contributed by atoms with Gasteiger partial charge in [-0.15, -0.1) is 0 Å². The second-order valence-corrected chi connectivity index (χ2v) is 8.11. The highest BCUT2D eigenvalue weighted by molar-refractivity contribution is 5.69. The number of unbranched alkanes of at least 4 members (excludes halogenated alkanes) is 2. The molecule has 1 unspecified atom stereocenters. The lowest BCUT2D eigenvalue weighted by molar-refractivity contribution is -0.146. The lowest BCUT2D eigenvalue weighted by Gasteiger charge is -2.17. The standard InChI is InChI=1S/C21H36N2O3/c1-21(2,3)12-6-4-5-7-20(25)26-16-19(24)15-23-14-18-10-8-17(13-22)9-11-18/h8-11,19,23-24H,4-7,12-16,22H2,1-3H3. The van der Waals surface area contributed by atoms with Crippen molar-refractivity contribution >= 4 is 5.97 Å². The van der Waals surface area contributed by atoms with Gasteiger partial charge in [0, 0.05) is 26.1 Å². The summed E-state index contributed by atoms with van der Waals surface area (Å²) in [6, 6.07) is 8.02. The Morgan fingerprint density at radius 1 is 1.15 bits per heavy atom. The molecule has 0 amide bonds. The molecule has 1 aromatic rings. The molecule has 0 spiro atoms. The Morgan fingerprint density at radius 2 is 1.81 bits per heavy atom. The van der Waals surface area contributed by atoms with Crippen molar-refractivity contribution in [3.63, 3.8) is 0 Å². The summed E-state index contributed by atoms with van der Waals surface area (Å²) in [7, 11) is 0. The Balaban J connectivity index is 2.06. The molecule has 0 bridgehead atoms. The smallest absolute Gasteiger partial charge is 0.305 e. The predicted molar refractivity (Wildman–Crippen MR) is 106 cm³/mol. The van der Waals surface area contributed by atoms with E-state index in [9.17, 15) is 9.90 Å². The van der Waals surface area contributed by atoms with E-state index in [0.29, 0.717) is 31.5 Å². The van der Waals surface area contributed by atoms with Crippen LogP contribution in [0, 0.1) is 5.41 Å². The van der Waals surface area contributed by atoms with Crippen LogP contribution in [0.25, 0.3) is 0 Å². The number of nitrogens with two attached hydrogens (primary N) is 1. The van der Waals surface area contributed by atoms with Crippen molar-refractivity contribution in [1.82, 2.24) is 5.32 Å². The van der Waals surface area contributed by atoms with E-state index in [4.69, 9.17) is 10.5 Å². The molecule has 1 aromatic carbocycles. The normalized spacial score (nSPS) is 12.8. The van der Waals surface area contributed by atoms with Crippen LogP contribution in [0.3, 0.4) is 0 Å². The molecule has 5 heteroatoms. The zero-order valence-electron chi connectivity index (χ0n) is 16.6. The van der Waals surface area contributed by atoms with E-state index in [-0.39, 0.29) is 12.6 Å². The Labute approximate surface area is 158 Å². The van der Waals surface area contributed by atoms with Gasteiger partial charge in [-0.2, -0.15) is 0 Å². The van der Waals surface area contributed by atoms with Gasteiger partial charge in [-0.1, -0.05) is 57.9 Å². The molecule has 4 N–H and O–H groups in total. The van der Waals surface area contributed by atoms with Crippen molar-refractivity contribution < 1.29 is 14.6 Å². The fourth-order valence-corrected chi connectivity index (χ4v) is 2.60. The highest BCUT2D eigenvalue weighted by atomic mass is 16.5. The van der Waals surface area contributed by atoms with E-state index in [1.807, 2.05) is 24.3 Å². The summed E-state index contributed by atoms with van der Waals surface area (Å²) in [5.41, 5.74) is 8.14. The van der Waals surface area contributed by atoms with E-state index in [2.05, 4.69) is 26.1 Å². The Bertz CT molecular complexity index is 509. The van der Waals surface area contributed by atoms with Crippen LogP contribution in [0.4, 0.5) is 0 Å². The van der Waals surface area contributed by atoms with Crippen molar-refractivity contribution in [2.24, 2.45) is 11.1 Å². The third-order valence-corrected chi connectivity index (χ3v) is 4.21. The second-order valence-electron chi connectivity index (χ2n) is 8.11. The molecule has 0 aliphatic carbocycles. The first-order valence-corrected chi connectivity index (χ1v) is 9.62. The SMILES string of the molecule is CC(C)(C)CCCCCC(=O)OCC(O)CNCc1ccc(CN)cc1. The molecule has 0 aliphatic heterocycles. The molecule has 0 aromatic heterocycles. The number of hydrogen-bond acceptors (Lipinski definition) is 5. The molecular weight excluding hydrogens is 328 g/mol. The molecule has 1 atom stereocenters. The summed E-state index contributed by atoms with van der Waals surface area (Å²) in [6.07, 6.45) is 3.93. The zero-order valence-corrected chi connectivity index (χ0v) is 16.6. The van der Waals surface area contributed by atoms with Gasteiger partial charge in [0.25, 0.3) is 0 Å². The van der Waals surface area contributed by atoms with E-state index in [1.54, 1.807) is 0 Å². The van der Waals surface area contributed by atoms with Crippen molar-refractivity contribution in [2.75, 3.05) is 13.2 Å². The maximum Gasteiger partial charge on any atom is 0.305 e. The van der Waals surface area contributed by atoms with Crippen LogP contribution in [-0.4, -0.2) is 30.3 Å². The molecule has 0 heterocycles. The monoisotopic (exact) mass is 364 g/mol. The van der Waals surface area contributed by atoms with Crippen molar-refractivity contribution in [3.05, 3.63) is 35.4 Å². The van der Waals surface area contributed by atoms with Gasteiger partial charge < -0.3 is 20.9 Å². The van der Waals surface area contributed by atoms with Crippen LogP contribution < -0.4 is 11.1 Å². The first kappa shape index (κ1) is 22.6. The van der Waals surface area contributed by atoms with E-state index >= 15 is 0 Å². The number of hydrogen-bond donors (Lipinski definition) is 3. The van der Waals surface area contributed by atoms with Crippen LogP contribution in [0.1, 0.15) is 64.0 Å². The number of aliphatic hydroxyl groups is 1. The number of aliphatic hydroxyl groups excluding tert-OH is 1. The predicted octanol–water partition coefficient (Wildman–Crippen LogP) is 3.14. The van der Waals surface area contributed by atoms with Gasteiger partial charge >= 0.3 is 5.97 Å². The summed E-state index contributed by atoms with van der Waals surface area (Å²) in [4.78, 5) is 11.7. The summed E-state index contributed by atoms with van der Waals surface area (Å²) < 4.78 is 5.14. The molecular formula is C21H36N2O3. The van der Waals surface area contributed by atoms with Gasteiger partial charge in [-0.25, -0.2) is 0 Å². The van der Waals surface area contributed by atoms with Crippen molar-refractivity contribution in [2.45, 2.75) is 72.1 Å². The number of ether oxygens (including phenoxy) is 1. The number of esters is 1. The second kappa shape index (κ2) is 12.0. The largest absolute Gasteiger partial charge is 0.463 e. The highest BCUT2D eigenvalue weighted by Crippen LogP contribution is 2.22. The lowest BCUT2D eigenvalue weighted by atomic mass is 9.89. The molecule has 26 heavy (non-hydrogen) atoms. The molecule has 0 saturated carbocycles. The maximum atomic E-state index is 11.7. The molecule has 0 fully saturated rings. The first-order chi connectivity index (χ1) is 12.3. The third-order valence-electron chi connectivity index (χ3n) is 4.21. The minimum Gasteiger partial charge on any atom is -0.463 e. The Kier molecular flexibility index (Phi) is 10.5. The van der Waals surface area contributed by atoms with E-state index in [0.717, 1.165) is 30.4 Å². The minimum atomic E-state index is -0.692. The number of rotatable bonds is 12. The summed E-state index contributed by atoms with van der Waals surface area (Å²) in [6.45, 7) is 8.30. The first-order valence-electron chi connectivity index (χ1n) is 9.62. The molecule has 5 nitrogen and oxygen atoms in total. The molecule has 0 saturated heterocycles. The van der Waals surface area contributed by atoms with Crippen LogP contribution in [0.2, 0.25) is 0 Å². The van der Waals surface area contributed by atoms with Gasteiger partial charge in [0.2, 0.25) is 0 Å². The van der Waals surface area contributed by atoms with E-state index in [1.165, 1.54) is 6.42 Å². The topological polar surface area (TPSA) is 84.6 Å². The summed E-state index contributed by atoms with van der Waals surface area (Å²) in [5.74, 6) is -0.225. The maximum absolute atomic E-state index is 11.7. The van der Waals surface area contributed by atoms with Gasteiger partial charge in [0.05, 0.1) is 0 Å². The number of carbonyl (C=O) groups excluding carboxylic acids is 1.